The molecule has 5 heteroatoms. The summed E-state index contributed by atoms with van der Waals surface area (Å²) in [4.78, 5) is 23.9. The van der Waals surface area contributed by atoms with Crippen LogP contribution in [-0.2, 0) is 9.59 Å². The van der Waals surface area contributed by atoms with Crippen LogP contribution < -0.4 is 5.32 Å². The minimum atomic E-state index is -0.0577. The molecule has 0 aromatic carbocycles. The number of amides is 2. The van der Waals surface area contributed by atoms with Gasteiger partial charge in [-0.2, -0.15) is 0 Å². The fourth-order valence-corrected chi connectivity index (χ4v) is 1.94. The first kappa shape index (κ1) is 10.4. The molecule has 0 unspecified atom stereocenters. The predicted molar refractivity (Wildman–Crippen MR) is 52.3 cm³/mol. The van der Waals surface area contributed by atoms with E-state index in [0.29, 0.717) is 18.2 Å². The number of carbonyl (C=O) groups is 2. The topological polar surface area (TPSA) is 49.4 Å². The van der Waals surface area contributed by atoms with Gasteiger partial charge < -0.3 is 10.2 Å². The van der Waals surface area contributed by atoms with E-state index in [0.717, 1.165) is 6.42 Å². The van der Waals surface area contributed by atoms with Gasteiger partial charge in [0.1, 0.15) is 6.54 Å². The number of nitrogens with one attached hydrogen (secondary N) is 1. The number of hydrogen-bond donors (Lipinski definition) is 1. The highest BCUT2D eigenvalue weighted by Gasteiger charge is 2.22. The zero-order valence-electron chi connectivity index (χ0n) is 7.71. The average molecular weight is 202 g/mol. The molecule has 4 nitrogen and oxygen atoms in total. The first-order valence-electron chi connectivity index (χ1n) is 4.36. The van der Waals surface area contributed by atoms with Crippen molar-refractivity contribution in [2.24, 2.45) is 0 Å². The molecule has 1 N–H and O–H groups in total. The standard InChI is InChI=1S/C8H14N2O2S/c1-2-3-9-7(11)4-10-6-13-5-8(10)12/h2-6H2,1H3,(H,9,11). The SMILES string of the molecule is CCCNC(=O)CN1CSCC1=O. The summed E-state index contributed by atoms with van der Waals surface area (Å²) in [6.07, 6.45) is 0.925. The van der Waals surface area contributed by atoms with E-state index in [1.165, 1.54) is 0 Å². The Balaban J connectivity index is 2.23. The van der Waals surface area contributed by atoms with Gasteiger partial charge in [0.05, 0.1) is 11.6 Å². The Labute approximate surface area is 82.0 Å². The van der Waals surface area contributed by atoms with Crippen molar-refractivity contribution < 1.29 is 9.59 Å². The smallest absolute Gasteiger partial charge is 0.239 e. The van der Waals surface area contributed by atoms with Gasteiger partial charge in [-0.3, -0.25) is 9.59 Å². The van der Waals surface area contributed by atoms with Crippen molar-refractivity contribution in [3.05, 3.63) is 0 Å². The molecule has 0 atom stereocenters. The Kier molecular flexibility index (Phi) is 4.08. The van der Waals surface area contributed by atoms with Gasteiger partial charge in [-0.1, -0.05) is 6.92 Å². The van der Waals surface area contributed by atoms with Crippen LogP contribution in [0.4, 0.5) is 0 Å². The molecule has 0 bridgehead atoms. The molecule has 1 aliphatic heterocycles. The molecule has 13 heavy (non-hydrogen) atoms. The summed E-state index contributed by atoms with van der Waals surface area (Å²) in [5, 5.41) is 2.74. The lowest BCUT2D eigenvalue weighted by Gasteiger charge is -2.13. The van der Waals surface area contributed by atoms with Crippen LogP contribution in [0.25, 0.3) is 0 Å². The van der Waals surface area contributed by atoms with E-state index in [1.807, 2.05) is 6.92 Å². The molecular weight excluding hydrogens is 188 g/mol. The fraction of sp³-hybridized carbons (Fsp3) is 0.750. The van der Waals surface area contributed by atoms with Crippen LogP contribution in [0, 0.1) is 0 Å². The zero-order chi connectivity index (χ0) is 9.68. The third-order valence-electron chi connectivity index (χ3n) is 1.73. The van der Waals surface area contributed by atoms with Gasteiger partial charge in [0.15, 0.2) is 0 Å². The van der Waals surface area contributed by atoms with Crippen molar-refractivity contribution in [1.82, 2.24) is 10.2 Å². The number of nitrogens with zero attached hydrogens (tertiary/aromatic N) is 1. The molecule has 1 heterocycles. The molecule has 0 spiro atoms. The van der Waals surface area contributed by atoms with E-state index in [4.69, 9.17) is 0 Å². The maximum Gasteiger partial charge on any atom is 0.239 e. The van der Waals surface area contributed by atoms with Crippen LogP contribution in [0.2, 0.25) is 0 Å². The summed E-state index contributed by atoms with van der Waals surface area (Å²) in [6, 6.07) is 0. The Morgan fingerprint density at radius 2 is 2.46 bits per heavy atom. The monoisotopic (exact) mass is 202 g/mol. The minimum absolute atomic E-state index is 0.0577. The van der Waals surface area contributed by atoms with Crippen molar-refractivity contribution in [3.8, 4) is 0 Å². The molecule has 74 valence electrons. The van der Waals surface area contributed by atoms with E-state index in [1.54, 1.807) is 16.7 Å². The molecule has 2 amide bonds. The maximum absolute atomic E-state index is 11.2. The number of rotatable bonds is 4. The summed E-state index contributed by atoms with van der Waals surface area (Å²) in [5.41, 5.74) is 0. The lowest BCUT2D eigenvalue weighted by Crippen LogP contribution is -2.38. The van der Waals surface area contributed by atoms with Gasteiger partial charge in [0, 0.05) is 6.54 Å². The molecule has 0 saturated carbocycles. The Morgan fingerprint density at radius 1 is 1.69 bits per heavy atom. The third kappa shape index (κ3) is 3.26. The van der Waals surface area contributed by atoms with Gasteiger partial charge in [-0.05, 0) is 6.42 Å². The van der Waals surface area contributed by atoms with Gasteiger partial charge >= 0.3 is 0 Å². The van der Waals surface area contributed by atoms with Crippen molar-refractivity contribution in [1.29, 1.82) is 0 Å². The number of thioether (sulfide) groups is 1. The van der Waals surface area contributed by atoms with Crippen LogP contribution in [0.15, 0.2) is 0 Å². The largest absolute Gasteiger partial charge is 0.355 e. The lowest BCUT2D eigenvalue weighted by molar-refractivity contribution is -0.132. The van der Waals surface area contributed by atoms with Crippen molar-refractivity contribution in [2.45, 2.75) is 13.3 Å². The Hall–Kier alpha value is -0.710. The second kappa shape index (κ2) is 5.11. The zero-order valence-corrected chi connectivity index (χ0v) is 8.52. The van der Waals surface area contributed by atoms with Crippen molar-refractivity contribution in [3.63, 3.8) is 0 Å². The molecule has 1 fully saturated rings. The molecule has 0 aliphatic carbocycles. The second-order valence-electron chi connectivity index (χ2n) is 2.92. The van der Waals surface area contributed by atoms with Gasteiger partial charge in [-0.15, -0.1) is 11.8 Å². The normalized spacial score (nSPS) is 16.4. The summed E-state index contributed by atoms with van der Waals surface area (Å²) in [6.45, 7) is 2.90. The van der Waals surface area contributed by atoms with Crippen molar-refractivity contribution >= 4 is 23.6 Å². The first-order chi connectivity index (χ1) is 6.24. The van der Waals surface area contributed by atoms with Crippen LogP contribution in [-0.4, -0.2) is 41.4 Å². The highest BCUT2D eigenvalue weighted by Crippen LogP contribution is 2.13. The molecule has 0 aromatic rings. The summed E-state index contributed by atoms with van der Waals surface area (Å²) < 4.78 is 0. The van der Waals surface area contributed by atoms with Gasteiger partial charge in [0.2, 0.25) is 11.8 Å². The number of hydrogen-bond acceptors (Lipinski definition) is 3. The fourth-order valence-electron chi connectivity index (χ4n) is 1.03. The van der Waals surface area contributed by atoms with Crippen LogP contribution in [0.5, 0.6) is 0 Å². The maximum atomic E-state index is 11.2. The molecule has 1 aliphatic rings. The van der Waals surface area contributed by atoms with E-state index in [-0.39, 0.29) is 18.4 Å². The Bertz CT molecular complexity index is 208. The van der Waals surface area contributed by atoms with Gasteiger partial charge in [-0.25, -0.2) is 0 Å². The second-order valence-corrected chi connectivity index (χ2v) is 3.87. The molecule has 0 aromatic heterocycles. The average Bonchev–Trinajstić information content (AvgIpc) is 2.48. The molecule has 1 rings (SSSR count). The molecule has 0 radical (unpaired) electrons. The molecular formula is C8H14N2O2S. The third-order valence-corrected chi connectivity index (χ3v) is 2.68. The predicted octanol–water partition coefficient (Wildman–Crippen LogP) is 0.0455. The first-order valence-corrected chi connectivity index (χ1v) is 5.51. The summed E-state index contributed by atoms with van der Waals surface area (Å²) in [7, 11) is 0. The van der Waals surface area contributed by atoms with E-state index >= 15 is 0 Å². The van der Waals surface area contributed by atoms with Crippen molar-refractivity contribution in [2.75, 3.05) is 24.7 Å². The van der Waals surface area contributed by atoms with E-state index in [2.05, 4.69) is 5.32 Å². The van der Waals surface area contributed by atoms with Crippen LogP contribution in [0.3, 0.4) is 0 Å². The van der Waals surface area contributed by atoms with Crippen LogP contribution in [0.1, 0.15) is 13.3 Å². The highest BCUT2D eigenvalue weighted by molar-refractivity contribution is 8.00. The lowest BCUT2D eigenvalue weighted by atomic mass is 10.4. The number of carbonyl (C=O) groups excluding carboxylic acids is 2. The summed E-state index contributed by atoms with van der Waals surface area (Å²) in [5.74, 6) is 1.17. The van der Waals surface area contributed by atoms with E-state index in [9.17, 15) is 9.59 Å². The Morgan fingerprint density at radius 3 is 3.00 bits per heavy atom. The van der Waals surface area contributed by atoms with Crippen LogP contribution >= 0.6 is 11.8 Å². The van der Waals surface area contributed by atoms with Gasteiger partial charge in [0.25, 0.3) is 0 Å². The molecule has 1 saturated heterocycles. The quantitative estimate of drug-likeness (QED) is 0.700. The minimum Gasteiger partial charge on any atom is -0.355 e. The summed E-state index contributed by atoms with van der Waals surface area (Å²) >= 11 is 1.55. The highest BCUT2D eigenvalue weighted by atomic mass is 32.2. The van der Waals surface area contributed by atoms with E-state index < -0.39 is 0 Å².